The first-order valence-electron chi connectivity index (χ1n) is 17.2. The lowest BCUT2D eigenvalue weighted by atomic mass is 9.87. The zero-order valence-corrected chi connectivity index (χ0v) is 29.8. The highest BCUT2D eigenvalue weighted by Crippen LogP contribution is 2.48. The van der Waals surface area contributed by atoms with Gasteiger partial charge in [0.25, 0.3) is 0 Å². The monoisotopic (exact) mass is 700 g/mol. The van der Waals surface area contributed by atoms with Gasteiger partial charge >= 0.3 is 0 Å². The van der Waals surface area contributed by atoms with Crippen LogP contribution in [0.4, 0.5) is 0 Å². The first-order chi connectivity index (χ1) is 25.3. The Morgan fingerprint density at radius 2 is 0.686 bits per heavy atom. The lowest BCUT2D eigenvalue weighted by Gasteiger charge is -2.17. The summed E-state index contributed by atoms with van der Waals surface area (Å²) in [5.74, 6) is 0. The van der Waals surface area contributed by atoms with Crippen LogP contribution in [-0.4, -0.2) is 0 Å². The molecule has 0 nitrogen and oxygen atoms in total. The molecule has 11 aromatic rings. The molecule has 51 heavy (non-hydrogen) atoms. The molecule has 0 saturated heterocycles. The summed E-state index contributed by atoms with van der Waals surface area (Å²) in [6.07, 6.45) is 0. The first kappa shape index (κ1) is 29.2. The van der Waals surface area contributed by atoms with Gasteiger partial charge in [0.15, 0.2) is 0 Å². The highest BCUT2D eigenvalue weighted by atomic mass is 32.1. The highest BCUT2D eigenvalue weighted by molar-refractivity contribution is 7.25. The van der Waals surface area contributed by atoms with Crippen LogP contribution >= 0.6 is 34.0 Å². The van der Waals surface area contributed by atoms with Gasteiger partial charge in [0.1, 0.15) is 0 Å². The molecular formula is C48H28S3. The molecule has 11 rings (SSSR count). The Kier molecular flexibility index (Phi) is 6.57. The van der Waals surface area contributed by atoms with Crippen LogP contribution in [0.5, 0.6) is 0 Å². The molecule has 0 aliphatic heterocycles. The van der Waals surface area contributed by atoms with Crippen molar-refractivity contribution in [3.63, 3.8) is 0 Å². The SMILES string of the molecule is c1csc(-c2c3ccccc3c(-c3ccc4c(c3)sc3ccc(-c5c6ccccc6c(-c6cccs6)c6ccccc56)cc34)c3ccccc23)c1. The van der Waals surface area contributed by atoms with Crippen LogP contribution in [0.1, 0.15) is 0 Å². The van der Waals surface area contributed by atoms with Crippen molar-refractivity contribution in [2.24, 2.45) is 0 Å². The molecule has 0 spiro atoms. The maximum Gasteiger partial charge on any atom is 0.0361 e. The van der Waals surface area contributed by atoms with Crippen LogP contribution in [0.15, 0.2) is 168 Å². The van der Waals surface area contributed by atoms with Crippen LogP contribution in [0.3, 0.4) is 0 Å². The van der Waals surface area contributed by atoms with Crippen molar-refractivity contribution in [2.45, 2.75) is 0 Å². The zero-order valence-electron chi connectivity index (χ0n) is 27.4. The van der Waals surface area contributed by atoms with E-state index in [-0.39, 0.29) is 0 Å². The second-order valence-electron chi connectivity index (χ2n) is 13.2. The summed E-state index contributed by atoms with van der Waals surface area (Å²) < 4.78 is 2.63. The number of benzene rings is 8. The van der Waals surface area contributed by atoms with Gasteiger partial charge in [-0.05, 0) is 106 Å². The van der Waals surface area contributed by atoms with Crippen molar-refractivity contribution in [3.05, 3.63) is 168 Å². The lowest BCUT2D eigenvalue weighted by Crippen LogP contribution is -1.89. The molecule has 3 aromatic heterocycles. The average molecular weight is 701 g/mol. The number of hydrogen-bond donors (Lipinski definition) is 0. The minimum Gasteiger partial charge on any atom is -0.144 e. The minimum atomic E-state index is 1.26. The van der Waals surface area contributed by atoms with Crippen molar-refractivity contribution in [1.82, 2.24) is 0 Å². The maximum atomic E-state index is 2.44. The predicted molar refractivity (Wildman–Crippen MR) is 227 cm³/mol. The van der Waals surface area contributed by atoms with Crippen molar-refractivity contribution in [3.8, 4) is 43.1 Å². The molecule has 0 amide bonds. The van der Waals surface area contributed by atoms with E-state index >= 15 is 0 Å². The van der Waals surface area contributed by atoms with Crippen LogP contribution in [0.2, 0.25) is 0 Å². The lowest BCUT2D eigenvalue weighted by molar-refractivity contribution is 1.71. The molecule has 8 aromatic carbocycles. The highest BCUT2D eigenvalue weighted by Gasteiger charge is 2.20. The van der Waals surface area contributed by atoms with Crippen LogP contribution < -0.4 is 0 Å². The van der Waals surface area contributed by atoms with Crippen molar-refractivity contribution < 1.29 is 0 Å². The number of hydrogen-bond acceptors (Lipinski definition) is 3. The van der Waals surface area contributed by atoms with E-state index < -0.39 is 0 Å². The third kappa shape index (κ3) is 4.42. The summed E-state index contributed by atoms with van der Waals surface area (Å²) in [5, 5.41) is 17.4. The molecule has 0 saturated carbocycles. The van der Waals surface area contributed by atoms with E-state index in [1.807, 2.05) is 34.0 Å². The Morgan fingerprint density at radius 1 is 0.275 bits per heavy atom. The van der Waals surface area contributed by atoms with Gasteiger partial charge in [-0.3, -0.25) is 0 Å². The van der Waals surface area contributed by atoms with Crippen LogP contribution in [0.25, 0.3) is 106 Å². The van der Waals surface area contributed by atoms with Crippen molar-refractivity contribution >= 4 is 97.3 Å². The normalized spacial score (nSPS) is 11.9. The molecule has 0 N–H and O–H groups in total. The largest absolute Gasteiger partial charge is 0.144 e. The molecule has 0 radical (unpaired) electrons. The first-order valence-corrected chi connectivity index (χ1v) is 19.8. The van der Waals surface area contributed by atoms with Gasteiger partial charge in [-0.15, -0.1) is 34.0 Å². The molecule has 0 fully saturated rings. The third-order valence-electron chi connectivity index (χ3n) is 10.4. The minimum absolute atomic E-state index is 1.26. The van der Waals surface area contributed by atoms with Gasteiger partial charge in [0.05, 0.1) is 0 Å². The number of thiophene rings is 3. The van der Waals surface area contributed by atoms with Crippen molar-refractivity contribution in [1.29, 1.82) is 0 Å². The molecule has 0 unspecified atom stereocenters. The molecule has 0 bridgehead atoms. The Bertz CT molecular complexity index is 3010. The quantitative estimate of drug-likeness (QED) is 0.160. The Hall–Kier alpha value is -5.58. The second kappa shape index (κ2) is 11.5. The van der Waals surface area contributed by atoms with Gasteiger partial charge in [0, 0.05) is 41.1 Å². The average Bonchev–Trinajstić information content (AvgIpc) is 3.98. The maximum absolute atomic E-state index is 2.44. The van der Waals surface area contributed by atoms with Gasteiger partial charge in [-0.1, -0.05) is 127 Å². The van der Waals surface area contributed by atoms with Crippen LogP contribution in [-0.2, 0) is 0 Å². The van der Waals surface area contributed by atoms with Gasteiger partial charge < -0.3 is 0 Å². The number of fused-ring (bicyclic) bond motifs is 7. The Morgan fingerprint density at radius 3 is 1.12 bits per heavy atom. The van der Waals surface area contributed by atoms with Crippen molar-refractivity contribution in [2.75, 3.05) is 0 Å². The van der Waals surface area contributed by atoms with Crippen LogP contribution in [0, 0.1) is 0 Å². The van der Waals surface area contributed by atoms with E-state index in [2.05, 4.69) is 168 Å². The predicted octanol–water partition coefficient (Wildman–Crippen LogP) is 15.5. The fourth-order valence-corrected chi connectivity index (χ4v) is 11.1. The van der Waals surface area contributed by atoms with E-state index in [9.17, 15) is 0 Å². The zero-order chi connectivity index (χ0) is 33.5. The summed E-state index contributed by atoms with van der Waals surface area (Å²) >= 11 is 5.53. The van der Waals surface area contributed by atoms with E-state index in [0.717, 1.165) is 0 Å². The van der Waals surface area contributed by atoms with E-state index in [1.165, 1.54) is 106 Å². The Labute approximate surface area is 307 Å². The van der Waals surface area contributed by atoms with E-state index in [1.54, 1.807) is 0 Å². The topological polar surface area (TPSA) is 0 Å². The summed E-state index contributed by atoms with van der Waals surface area (Å²) in [6.45, 7) is 0. The van der Waals surface area contributed by atoms with E-state index in [4.69, 9.17) is 0 Å². The molecule has 3 heteroatoms. The summed E-state index contributed by atoms with van der Waals surface area (Å²) in [7, 11) is 0. The smallest absolute Gasteiger partial charge is 0.0361 e. The number of rotatable bonds is 4. The van der Waals surface area contributed by atoms with E-state index in [0.29, 0.717) is 0 Å². The fourth-order valence-electron chi connectivity index (χ4n) is 8.34. The van der Waals surface area contributed by atoms with Gasteiger partial charge in [-0.2, -0.15) is 0 Å². The molecular weight excluding hydrogens is 673 g/mol. The summed E-state index contributed by atoms with van der Waals surface area (Å²) in [4.78, 5) is 2.62. The summed E-state index contributed by atoms with van der Waals surface area (Å²) in [6, 6.07) is 58.8. The third-order valence-corrected chi connectivity index (χ3v) is 13.4. The molecule has 0 aliphatic rings. The molecule has 0 aliphatic carbocycles. The summed E-state index contributed by atoms with van der Waals surface area (Å²) in [5.41, 5.74) is 7.81. The molecule has 238 valence electrons. The van der Waals surface area contributed by atoms with Gasteiger partial charge in [-0.25, -0.2) is 0 Å². The van der Waals surface area contributed by atoms with Gasteiger partial charge in [0.2, 0.25) is 0 Å². The second-order valence-corrected chi connectivity index (χ2v) is 16.1. The molecule has 3 heterocycles. The molecule has 0 atom stereocenters. The Balaban J connectivity index is 1.13. The fraction of sp³-hybridized carbons (Fsp3) is 0. The standard InChI is InChI=1S/C48H28S3/c1-5-15-36-32(11-1)45(33-12-2-6-16-37(33)47(36)42-19-9-25-49-42)29-22-24-41-40(27-29)31-23-21-30(28-44(31)51-41)46-34-13-3-7-17-38(34)48(43-20-10-26-50-43)39-18-8-4-14-35(39)46/h1-28H.